The van der Waals surface area contributed by atoms with Crippen LogP contribution in [0, 0.1) is 13.8 Å². The van der Waals surface area contributed by atoms with Gasteiger partial charge >= 0.3 is 5.97 Å². The number of benzene rings is 2. The second kappa shape index (κ2) is 8.55. The molecule has 2 aromatic carbocycles. The van der Waals surface area contributed by atoms with Crippen molar-refractivity contribution >= 4 is 23.6 Å². The van der Waals surface area contributed by atoms with E-state index in [1.807, 2.05) is 18.2 Å². The highest BCUT2D eigenvalue weighted by atomic mass is 32.2. The van der Waals surface area contributed by atoms with Crippen LogP contribution in [0.5, 0.6) is 0 Å². The van der Waals surface area contributed by atoms with Crippen molar-refractivity contribution in [3.8, 4) is 0 Å². The van der Waals surface area contributed by atoms with Gasteiger partial charge in [0.25, 0.3) is 0 Å². The minimum absolute atomic E-state index is 0.0166. The summed E-state index contributed by atoms with van der Waals surface area (Å²) in [6.07, 6.45) is 0. The maximum atomic E-state index is 12.0. The zero-order valence-corrected chi connectivity index (χ0v) is 14.9. The van der Waals surface area contributed by atoms with Gasteiger partial charge in [0.15, 0.2) is 0 Å². The molecule has 2 aromatic rings. The molecular weight excluding hydrogens is 322 g/mol. The van der Waals surface area contributed by atoms with E-state index in [1.54, 1.807) is 12.1 Å². The summed E-state index contributed by atoms with van der Waals surface area (Å²) >= 11 is 1.54. The van der Waals surface area contributed by atoms with Crippen molar-refractivity contribution in [2.24, 2.45) is 0 Å². The zero-order chi connectivity index (χ0) is 17.5. The third kappa shape index (κ3) is 5.13. The standard InChI is InChI=1S/C19H21NO3S/c1-13-4-9-17(14(2)10-13)24-12-18(21)20-11-15-5-7-16(8-6-15)19(22)23-3/h4-10H,11-12H2,1-3H3,(H,20,21). The van der Waals surface area contributed by atoms with Crippen molar-refractivity contribution in [3.05, 3.63) is 64.7 Å². The molecule has 0 aliphatic carbocycles. The van der Waals surface area contributed by atoms with Gasteiger partial charge in [0.2, 0.25) is 5.91 Å². The number of hydrogen-bond donors (Lipinski definition) is 1. The molecule has 0 heterocycles. The second-order valence-corrected chi connectivity index (χ2v) is 6.54. The molecule has 1 amide bonds. The van der Waals surface area contributed by atoms with E-state index in [0.29, 0.717) is 17.9 Å². The Bertz CT molecular complexity index is 726. The molecular formula is C19H21NO3S. The van der Waals surface area contributed by atoms with Gasteiger partial charge in [-0.15, -0.1) is 11.8 Å². The summed E-state index contributed by atoms with van der Waals surface area (Å²) in [6.45, 7) is 4.55. The van der Waals surface area contributed by atoms with Crippen LogP contribution in [0.25, 0.3) is 0 Å². The van der Waals surface area contributed by atoms with Crippen molar-refractivity contribution in [2.75, 3.05) is 12.9 Å². The van der Waals surface area contributed by atoms with E-state index in [9.17, 15) is 9.59 Å². The van der Waals surface area contributed by atoms with E-state index in [4.69, 9.17) is 0 Å². The van der Waals surface area contributed by atoms with Gasteiger partial charge < -0.3 is 10.1 Å². The fourth-order valence-electron chi connectivity index (χ4n) is 2.23. The van der Waals surface area contributed by atoms with Crippen LogP contribution in [-0.4, -0.2) is 24.7 Å². The van der Waals surface area contributed by atoms with E-state index in [-0.39, 0.29) is 11.9 Å². The van der Waals surface area contributed by atoms with E-state index in [0.717, 1.165) is 10.5 Å². The summed E-state index contributed by atoms with van der Waals surface area (Å²) in [5.41, 5.74) is 3.84. The number of hydrogen-bond acceptors (Lipinski definition) is 4. The largest absolute Gasteiger partial charge is 0.465 e. The maximum absolute atomic E-state index is 12.0. The molecule has 5 heteroatoms. The highest BCUT2D eigenvalue weighted by Gasteiger charge is 2.07. The summed E-state index contributed by atoms with van der Waals surface area (Å²) < 4.78 is 4.65. The smallest absolute Gasteiger partial charge is 0.337 e. The van der Waals surface area contributed by atoms with Gasteiger partial charge in [-0.05, 0) is 43.2 Å². The topological polar surface area (TPSA) is 55.4 Å². The van der Waals surface area contributed by atoms with Gasteiger partial charge in [-0.2, -0.15) is 0 Å². The zero-order valence-electron chi connectivity index (χ0n) is 14.1. The molecule has 0 atom stereocenters. The molecule has 0 aromatic heterocycles. The minimum Gasteiger partial charge on any atom is -0.465 e. The Morgan fingerprint density at radius 2 is 1.79 bits per heavy atom. The van der Waals surface area contributed by atoms with Crippen molar-refractivity contribution in [1.29, 1.82) is 0 Å². The fourth-order valence-corrected chi connectivity index (χ4v) is 3.07. The molecule has 2 rings (SSSR count). The molecule has 1 N–H and O–H groups in total. The van der Waals surface area contributed by atoms with E-state index < -0.39 is 0 Å². The lowest BCUT2D eigenvalue weighted by molar-refractivity contribution is -0.118. The number of carbonyl (C=O) groups is 2. The van der Waals surface area contributed by atoms with Crippen LogP contribution in [0.15, 0.2) is 47.4 Å². The van der Waals surface area contributed by atoms with E-state index in [1.165, 1.54) is 30.0 Å². The lowest BCUT2D eigenvalue weighted by Gasteiger charge is -2.08. The normalized spacial score (nSPS) is 10.3. The third-order valence-corrected chi connectivity index (χ3v) is 4.73. The van der Waals surface area contributed by atoms with Gasteiger partial charge in [-0.25, -0.2) is 4.79 Å². The van der Waals surface area contributed by atoms with Crippen molar-refractivity contribution in [2.45, 2.75) is 25.3 Å². The van der Waals surface area contributed by atoms with Gasteiger partial charge in [-0.1, -0.05) is 29.8 Å². The summed E-state index contributed by atoms with van der Waals surface area (Å²) in [5, 5.41) is 2.89. The van der Waals surface area contributed by atoms with Crippen LogP contribution >= 0.6 is 11.8 Å². The summed E-state index contributed by atoms with van der Waals surface area (Å²) in [6, 6.07) is 13.2. The van der Waals surface area contributed by atoms with Gasteiger partial charge in [-0.3, -0.25) is 4.79 Å². The van der Waals surface area contributed by atoms with Crippen LogP contribution < -0.4 is 5.32 Å². The van der Waals surface area contributed by atoms with Gasteiger partial charge in [0.1, 0.15) is 0 Å². The monoisotopic (exact) mass is 343 g/mol. The Morgan fingerprint density at radius 3 is 2.42 bits per heavy atom. The van der Waals surface area contributed by atoms with Crippen molar-refractivity contribution < 1.29 is 14.3 Å². The average Bonchev–Trinajstić information content (AvgIpc) is 2.59. The number of methoxy groups -OCH3 is 1. The number of aryl methyl sites for hydroxylation is 2. The number of thioether (sulfide) groups is 1. The lowest BCUT2D eigenvalue weighted by atomic mass is 10.1. The number of carbonyl (C=O) groups excluding carboxylic acids is 2. The lowest BCUT2D eigenvalue weighted by Crippen LogP contribution is -2.24. The fraction of sp³-hybridized carbons (Fsp3) is 0.263. The molecule has 0 saturated carbocycles. The predicted octanol–water partition coefficient (Wildman–Crippen LogP) is 3.50. The predicted molar refractivity (Wildman–Crippen MR) is 96.3 cm³/mol. The number of nitrogens with one attached hydrogen (secondary N) is 1. The summed E-state index contributed by atoms with van der Waals surface area (Å²) in [4.78, 5) is 24.5. The van der Waals surface area contributed by atoms with Crippen LogP contribution in [0.2, 0.25) is 0 Å². The molecule has 0 aliphatic rings. The van der Waals surface area contributed by atoms with Crippen molar-refractivity contribution in [1.82, 2.24) is 5.32 Å². The highest BCUT2D eigenvalue weighted by molar-refractivity contribution is 8.00. The first-order valence-electron chi connectivity index (χ1n) is 7.63. The van der Waals surface area contributed by atoms with E-state index in [2.05, 4.69) is 36.0 Å². The molecule has 0 bridgehead atoms. The molecule has 24 heavy (non-hydrogen) atoms. The first-order chi connectivity index (χ1) is 11.5. The first-order valence-corrected chi connectivity index (χ1v) is 8.62. The number of ether oxygens (including phenoxy) is 1. The Morgan fingerprint density at radius 1 is 1.08 bits per heavy atom. The summed E-state index contributed by atoms with van der Waals surface area (Å²) in [5.74, 6) is -0.00286. The second-order valence-electron chi connectivity index (χ2n) is 5.52. The molecule has 0 radical (unpaired) electrons. The van der Waals surface area contributed by atoms with Crippen LogP contribution in [0.4, 0.5) is 0 Å². The van der Waals surface area contributed by atoms with Crippen LogP contribution in [0.3, 0.4) is 0 Å². The number of esters is 1. The Kier molecular flexibility index (Phi) is 6.44. The average molecular weight is 343 g/mol. The van der Waals surface area contributed by atoms with Crippen molar-refractivity contribution in [3.63, 3.8) is 0 Å². The van der Waals surface area contributed by atoms with Gasteiger partial charge in [0.05, 0.1) is 18.4 Å². The third-order valence-electron chi connectivity index (χ3n) is 3.55. The van der Waals surface area contributed by atoms with E-state index >= 15 is 0 Å². The summed E-state index contributed by atoms with van der Waals surface area (Å²) in [7, 11) is 1.35. The molecule has 0 saturated heterocycles. The quantitative estimate of drug-likeness (QED) is 0.644. The van der Waals surface area contributed by atoms with Gasteiger partial charge in [0, 0.05) is 11.4 Å². The SMILES string of the molecule is COC(=O)c1ccc(CNC(=O)CSc2ccc(C)cc2C)cc1. The first kappa shape index (κ1) is 18.1. The van der Waals surface area contributed by atoms with Crippen LogP contribution in [-0.2, 0) is 16.1 Å². The Hall–Kier alpha value is -2.27. The maximum Gasteiger partial charge on any atom is 0.337 e. The molecule has 0 aliphatic heterocycles. The molecule has 0 unspecified atom stereocenters. The Labute approximate surface area is 146 Å². The Balaban J connectivity index is 1.81. The van der Waals surface area contributed by atoms with Crippen LogP contribution in [0.1, 0.15) is 27.0 Å². The number of rotatable bonds is 6. The molecule has 0 fully saturated rings. The number of amides is 1. The molecule has 4 nitrogen and oxygen atoms in total. The highest BCUT2D eigenvalue weighted by Crippen LogP contribution is 2.22. The molecule has 126 valence electrons. The minimum atomic E-state index is -0.365. The molecule has 0 spiro atoms.